The zero-order valence-electron chi connectivity index (χ0n) is 14.8. The number of ether oxygens (including phenoxy) is 2. The number of benzene rings is 2. The van der Waals surface area contributed by atoms with Crippen LogP contribution in [0.5, 0.6) is 11.5 Å². The van der Waals surface area contributed by atoms with Gasteiger partial charge in [0.25, 0.3) is 0 Å². The van der Waals surface area contributed by atoms with Gasteiger partial charge in [0.1, 0.15) is 18.1 Å². The highest BCUT2D eigenvalue weighted by Crippen LogP contribution is 2.29. The minimum absolute atomic E-state index is 0.304. The summed E-state index contributed by atoms with van der Waals surface area (Å²) in [4.78, 5) is 4.12. The lowest BCUT2D eigenvalue weighted by atomic mass is 10.1. The van der Waals surface area contributed by atoms with Crippen molar-refractivity contribution in [1.82, 2.24) is 9.66 Å². The molecule has 3 rings (SSSR count). The smallest absolute Gasteiger partial charge is 0.221 e. The average molecular weight is 450 g/mol. The molecule has 27 heavy (non-hydrogen) atoms. The second-order valence-corrected chi connectivity index (χ2v) is 7.09. The first-order chi connectivity index (χ1) is 13.0. The van der Waals surface area contributed by atoms with Gasteiger partial charge in [0.2, 0.25) is 5.95 Å². The Bertz CT molecular complexity index is 988. The monoisotopic (exact) mass is 448 g/mol. The largest absolute Gasteiger partial charge is 0.496 e. The zero-order valence-corrected chi connectivity index (χ0v) is 17.2. The van der Waals surface area contributed by atoms with E-state index < -0.39 is 0 Å². The Morgan fingerprint density at radius 1 is 1.26 bits per heavy atom. The Kier molecular flexibility index (Phi) is 6.03. The van der Waals surface area contributed by atoms with Gasteiger partial charge < -0.3 is 15.2 Å². The summed E-state index contributed by atoms with van der Waals surface area (Å²) in [5.41, 5.74) is 8.35. The van der Waals surface area contributed by atoms with Crippen molar-refractivity contribution in [3.8, 4) is 11.5 Å². The standard InChI is InChI=1S/C19H18BrClN4O2/c1-12-10-25(19(22)24-12)23-9-13-3-5-17(26-2)14(7-13)11-27-18-6-4-15(20)8-16(18)21/h3-10H,11H2,1-2H3,(H2,22,24). The van der Waals surface area contributed by atoms with Crippen LogP contribution in [0.15, 0.2) is 52.2 Å². The first-order valence-electron chi connectivity index (χ1n) is 8.07. The predicted molar refractivity (Wildman–Crippen MR) is 111 cm³/mol. The predicted octanol–water partition coefficient (Wildman–Crippen LogP) is 4.66. The number of hydrogen-bond donors (Lipinski definition) is 1. The maximum absolute atomic E-state index is 6.21. The summed E-state index contributed by atoms with van der Waals surface area (Å²) in [5.74, 6) is 1.66. The summed E-state index contributed by atoms with van der Waals surface area (Å²) in [6, 6.07) is 11.2. The number of aryl methyl sites for hydroxylation is 1. The molecular weight excluding hydrogens is 432 g/mol. The molecule has 3 aromatic rings. The van der Waals surface area contributed by atoms with Crippen LogP contribution in [0.3, 0.4) is 0 Å². The Morgan fingerprint density at radius 3 is 2.70 bits per heavy atom. The van der Waals surface area contributed by atoms with E-state index in [0.717, 1.165) is 27.0 Å². The summed E-state index contributed by atoms with van der Waals surface area (Å²) in [6.45, 7) is 2.16. The van der Waals surface area contributed by atoms with Crippen molar-refractivity contribution in [2.75, 3.05) is 12.8 Å². The van der Waals surface area contributed by atoms with Crippen LogP contribution in [0.2, 0.25) is 5.02 Å². The molecule has 6 nitrogen and oxygen atoms in total. The van der Waals surface area contributed by atoms with Crippen molar-refractivity contribution >= 4 is 39.7 Å². The Labute approximate surface area is 170 Å². The van der Waals surface area contributed by atoms with Crippen molar-refractivity contribution in [3.63, 3.8) is 0 Å². The Balaban J connectivity index is 1.79. The van der Waals surface area contributed by atoms with Gasteiger partial charge in [-0.05, 0) is 48.9 Å². The molecule has 0 atom stereocenters. The van der Waals surface area contributed by atoms with Gasteiger partial charge in [-0.1, -0.05) is 27.5 Å². The van der Waals surface area contributed by atoms with Gasteiger partial charge in [0.15, 0.2) is 0 Å². The molecule has 0 aliphatic heterocycles. The van der Waals surface area contributed by atoms with E-state index in [9.17, 15) is 0 Å². The number of nitrogens with two attached hydrogens (primary N) is 1. The second kappa shape index (κ2) is 8.45. The first kappa shape index (κ1) is 19.3. The molecule has 0 aliphatic rings. The maximum Gasteiger partial charge on any atom is 0.221 e. The van der Waals surface area contributed by atoms with Crippen LogP contribution in [0, 0.1) is 6.92 Å². The molecule has 0 aliphatic carbocycles. The molecule has 0 unspecified atom stereocenters. The fraction of sp³-hybridized carbons (Fsp3) is 0.158. The van der Waals surface area contributed by atoms with Crippen LogP contribution in [0.25, 0.3) is 0 Å². The summed E-state index contributed by atoms with van der Waals surface area (Å²) < 4.78 is 13.7. The van der Waals surface area contributed by atoms with E-state index in [1.54, 1.807) is 25.6 Å². The third-order valence-electron chi connectivity index (χ3n) is 3.75. The van der Waals surface area contributed by atoms with E-state index in [-0.39, 0.29) is 0 Å². The van der Waals surface area contributed by atoms with Gasteiger partial charge in [0, 0.05) is 10.0 Å². The maximum atomic E-state index is 6.21. The molecule has 2 aromatic carbocycles. The van der Waals surface area contributed by atoms with Crippen LogP contribution >= 0.6 is 27.5 Å². The van der Waals surface area contributed by atoms with Crippen LogP contribution in [-0.4, -0.2) is 23.0 Å². The minimum atomic E-state index is 0.304. The van der Waals surface area contributed by atoms with E-state index in [0.29, 0.717) is 23.3 Å². The quantitative estimate of drug-likeness (QED) is 0.555. The third-order valence-corrected chi connectivity index (χ3v) is 4.54. The minimum Gasteiger partial charge on any atom is -0.496 e. The average Bonchev–Trinajstić information content (AvgIpc) is 2.96. The molecule has 1 heterocycles. The number of halogens is 2. The van der Waals surface area contributed by atoms with Crippen LogP contribution in [-0.2, 0) is 6.61 Å². The summed E-state index contributed by atoms with van der Waals surface area (Å²) in [5, 5.41) is 4.87. The van der Waals surface area contributed by atoms with E-state index in [1.165, 1.54) is 4.68 Å². The molecule has 0 saturated carbocycles. The molecule has 0 amide bonds. The molecule has 1 aromatic heterocycles. The number of anilines is 1. The van der Waals surface area contributed by atoms with Gasteiger partial charge >= 0.3 is 0 Å². The number of nitrogen functional groups attached to an aromatic ring is 1. The summed E-state index contributed by atoms with van der Waals surface area (Å²) in [7, 11) is 1.62. The topological polar surface area (TPSA) is 74.7 Å². The molecule has 0 bridgehead atoms. The molecule has 140 valence electrons. The number of imidazole rings is 1. The molecule has 0 spiro atoms. The zero-order chi connectivity index (χ0) is 19.4. The number of nitrogens with zero attached hydrogens (tertiary/aromatic N) is 3. The lowest BCUT2D eigenvalue weighted by Gasteiger charge is -2.12. The lowest BCUT2D eigenvalue weighted by Crippen LogP contribution is -2.01. The van der Waals surface area contributed by atoms with E-state index in [2.05, 4.69) is 26.0 Å². The number of rotatable bonds is 6. The van der Waals surface area contributed by atoms with Gasteiger partial charge in [-0.15, -0.1) is 0 Å². The highest BCUT2D eigenvalue weighted by atomic mass is 79.9. The van der Waals surface area contributed by atoms with E-state index >= 15 is 0 Å². The van der Waals surface area contributed by atoms with Gasteiger partial charge in [-0.3, -0.25) is 0 Å². The number of aromatic nitrogens is 2. The highest BCUT2D eigenvalue weighted by Gasteiger charge is 2.08. The molecule has 2 N–H and O–H groups in total. The van der Waals surface area contributed by atoms with Crippen molar-refractivity contribution in [3.05, 3.63) is 68.9 Å². The molecule has 0 fully saturated rings. The Morgan fingerprint density at radius 2 is 2.04 bits per heavy atom. The number of hydrogen-bond acceptors (Lipinski definition) is 5. The van der Waals surface area contributed by atoms with Gasteiger partial charge in [0.05, 0.1) is 30.2 Å². The molecule has 0 saturated heterocycles. The highest BCUT2D eigenvalue weighted by molar-refractivity contribution is 9.10. The van der Waals surface area contributed by atoms with Crippen molar-refractivity contribution in [2.45, 2.75) is 13.5 Å². The molecular formula is C19H18BrClN4O2. The van der Waals surface area contributed by atoms with E-state index in [4.69, 9.17) is 26.8 Å². The van der Waals surface area contributed by atoms with Crippen molar-refractivity contribution in [2.24, 2.45) is 5.10 Å². The van der Waals surface area contributed by atoms with Crippen LogP contribution in [0.4, 0.5) is 5.95 Å². The molecule has 0 radical (unpaired) electrons. The fourth-order valence-corrected chi connectivity index (χ4v) is 3.19. The van der Waals surface area contributed by atoms with Crippen LogP contribution in [0.1, 0.15) is 16.8 Å². The molecule has 8 heteroatoms. The fourth-order valence-electron chi connectivity index (χ4n) is 2.46. The third kappa shape index (κ3) is 4.81. The summed E-state index contributed by atoms with van der Waals surface area (Å²) >= 11 is 9.58. The van der Waals surface area contributed by atoms with Crippen molar-refractivity contribution < 1.29 is 9.47 Å². The normalized spacial score (nSPS) is 11.1. The first-order valence-corrected chi connectivity index (χ1v) is 9.24. The van der Waals surface area contributed by atoms with Gasteiger partial charge in [-0.25, -0.2) is 9.66 Å². The summed E-state index contributed by atoms with van der Waals surface area (Å²) in [6.07, 6.45) is 3.46. The van der Waals surface area contributed by atoms with E-state index in [1.807, 2.05) is 37.3 Å². The van der Waals surface area contributed by atoms with Crippen molar-refractivity contribution in [1.29, 1.82) is 0 Å². The Hall–Kier alpha value is -2.51. The van der Waals surface area contributed by atoms with Gasteiger partial charge in [-0.2, -0.15) is 5.10 Å². The number of methoxy groups -OCH3 is 1. The second-order valence-electron chi connectivity index (χ2n) is 5.76. The SMILES string of the molecule is COc1ccc(C=Nn2cc(C)nc2N)cc1COc1ccc(Br)cc1Cl. The van der Waals surface area contributed by atoms with Crippen LogP contribution < -0.4 is 15.2 Å². The lowest BCUT2D eigenvalue weighted by molar-refractivity contribution is 0.297.